The van der Waals surface area contributed by atoms with Gasteiger partial charge in [-0.25, -0.2) is 0 Å². The second kappa shape index (κ2) is 9.94. The molecule has 2 aromatic rings. The van der Waals surface area contributed by atoms with Gasteiger partial charge in [0, 0.05) is 30.3 Å². The van der Waals surface area contributed by atoms with Crippen molar-refractivity contribution in [2.24, 2.45) is 0 Å². The minimum atomic E-state index is -0.0292. The fourth-order valence-electron chi connectivity index (χ4n) is 3.24. The topological polar surface area (TPSA) is 74.8 Å². The van der Waals surface area contributed by atoms with Gasteiger partial charge in [-0.05, 0) is 42.7 Å². The van der Waals surface area contributed by atoms with Crippen LogP contribution in [0.15, 0.2) is 46.9 Å². The number of aryl methyl sites for hydroxylation is 1. The van der Waals surface area contributed by atoms with Gasteiger partial charge in [-0.1, -0.05) is 34.1 Å². The molecular weight excluding hydrogens is 410 g/mol. The average Bonchev–Trinajstić information content (AvgIpc) is 2.71. The van der Waals surface area contributed by atoms with Crippen molar-refractivity contribution in [3.63, 3.8) is 0 Å². The Labute approximate surface area is 168 Å². The molecular formula is C20H26BrN3O3. The SMILES string of the molecule is CNc1ccccc1CC[C@@H]1CNC[C@@H](COc2ccc(Br)cc2NO)O1. The third-order valence-electron chi connectivity index (χ3n) is 4.64. The third kappa shape index (κ3) is 5.59. The predicted octanol–water partition coefficient (Wildman–Crippen LogP) is 3.66. The molecule has 1 aliphatic rings. The first-order valence-electron chi connectivity index (χ1n) is 9.14. The van der Waals surface area contributed by atoms with E-state index >= 15 is 0 Å². The van der Waals surface area contributed by atoms with Crippen LogP contribution in [0.25, 0.3) is 0 Å². The Bertz CT molecular complexity index is 744. The molecule has 1 saturated heterocycles. The number of anilines is 2. The molecule has 0 bridgehead atoms. The summed E-state index contributed by atoms with van der Waals surface area (Å²) in [5, 5.41) is 15.9. The summed E-state index contributed by atoms with van der Waals surface area (Å²) in [5.41, 5.74) is 5.15. The molecule has 0 saturated carbocycles. The Kier molecular flexibility index (Phi) is 7.34. The number of hydrogen-bond acceptors (Lipinski definition) is 6. The standard InChI is InChI=1S/C20H26BrN3O3/c1-22-18-5-3-2-4-14(18)6-8-16-11-23-12-17(27-16)13-26-20-9-7-15(21)10-19(20)24-25/h2-5,7,9-10,16-17,22-25H,6,8,11-13H2,1H3/t16-,17+/m1/s1. The number of ether oxygens (including phenoxy) is 2. The van der Waals surface area contributed by atoms with Crippen molar-refractivity contribution in [1.82, 2.24) is 5.32 Å². The maximum absolute atomic E-state index is 9.24. The van der Waals surface area contributed by atoms with Crippen LogP contribution < -0.4 is 20.9 Å². The highest BCUT2D eigenvalue weighted by Gasteiger charge is 2.23. The van der Waals surface area contributed by atoms with Gasteiger partial charge in [0.15, 0.2) is 0 Å². The lowest BCUT2D eigenvalue weighted by molar-refractivity contribution is -0.0583. The molecule has 4 N–H and O–H groups in total. The quantitative estimate of drug-likeness (QED) is 0.474. The zero-order chi connectivity index (χ0) is 19.1. The van der Waals surface area contributed by atoms with Crippen LogP contribution >= 0.6 is 15.9 Å². The number of nitrogens with one attached hydrogen (secondary N) is 3. The Balaban J connectivity index is 1.51. The molecule has 2 aromatic carbocycles. The van der Waals surface area contributed by atoms with Gasteiger partial charge in [0.05, 0.1) is 6.10 Å². The summed E-state index contributed by atoms with van der Waals surface area (Å²) in [4.78, 5) is 0. The first kappa shape index (κ1) is 19.9. The molecule has 7 heteroatoms. The molecule has 1 heterocycles. The van der Waals surface area contributed by atoms with Crippen LogP contribution in [0.2, 0.25) is 0 Å². The van der Waals surface area contributed by atoms with Crippen molar-refractivity contribution < 1.29 is 14.7 Å². The van der Waals surface area contributed by atoms with Gasteiger partial charge in [-0.3, -0.25) is 10.7 Å². The van der Waals surface area contributed by atoms with Crippen LogP contribution in [-0.2, 0) is 11.2 Å². The van der Waals surface area contributed by atoms with E-state index in [1.54, 1.807) is 6.07 Å². The molecule has 146 valence electrons. The molecule has 0 spiro atoms. The molecule has 2 atom stereocenters. The predicted molar refractivity (Wildman–Crippen MR) is 111 cm³/mol. The van der Waals surface area contributed by atoms with Crippen LogP contribution in [-0.4, -0.2) is 44.2 Å². The molecule has 0 aromatic heterocycles. The van der Waals surface area contributed by atoms with E-state index in [9.17, 15) is 5.21 Å². The first-order chi connectivity index (χ1) is 13.2. The minimum Gasteiger partial charge on any atom is -0.489 e. The lowest BCUT2D eigenvalue weighted by Gasteiger charge is -2.31. The molecule has 6 nitrogen and oxygen atoms in total. The van der Waals surface area contributed by atoms with Gasteiger partial charge in [0.1, 0.15) is 24.1 Å². The van der Waals surface area contributed by atoms with Crippen LogP contribution in [0.4, 0.5) is 11.4 Å². The lowest BCUT2D eigenvalue weighted by atomic mass is 10.0. The Morgan fingerprint density at radius 2 is 2.00 bits per heavy atom. The molecule has 1 aliphatic heterocycles. The van der Waals surface area contributed by atoms with Gasteiger partial charge in [0.25, 0.3) is 0 Å². The summed E-state index contributed by atoms with van der Waals surface area (Å²) < 4.78 is 12.9. The Hall–Kier alpha value is -1.80. The van der Waals surface area contributed by atoms with Crippen LogP contribution in [0.3, 0.4) is 0 Å². The van der Waals surface area contributed by atoms with Gasteiger partial charge >= 0.3 is 0 Å². The Morgan fingerprint density at radius 1 is 1.19 bits per heavy atom. The third-order valence-corrected chi connectivity index (χ3v) is 5.13. The van der Waals surface area contributed by atoms with Crippen molar-refractivity contribution in [1.29, 1.82) is 0 Å². The van der Waals surface area contributed by atoms with E-state index in [1.165, 1.54) is 11.3 Å². The van der Waals surface area contributed by atoms with Gasteiger partial charge in [-0.2, -0.15) is 0 Å². The number of halogens is 1. The summed E-state index contributed by atoms with van der Waals surface area (Å²) in [7, 11) is 1.95. The van der Waals surface area contributed by atoms with Gasteiger partial charge in [0.2, 0.25) is 0 Å². The van der Waals surface area contributed by atoms with E-state index in [4.69, 9.17) is 9.47 Å². The van der Waals surface area contributed by atoms with Crippen molar-refractivity contribution in [3.05, 3.63) is 52.5 Å². The van der Waals surface area contributed by atoms with Crippen LogP contribution in [0, 0.1) is 0 Å². The summed E-state index contributed by atoms with van der Waals surface area (Å²) in [6.07, 6.45) is 2.03. The van der Waals surface area contributed by atoms with Crippen LogP contribution in [0.1, 0.15) is 12.0 Å². The highest BCUT2D eigenvalue weighted by Crippen LogP contribution is 2.28. The summed E-state index contributed by atoms with van der Waals surface area (Å²) in [6, 6.07) is 13.8. The Morgan fingerprint density at radius 3 is 2.81 bits per heavy atom. The maximum atomic E-state index is 9.24. The molecule has 1 fully saturated rings. The van der Waals surface area contributed by atoms with Gasteiger partial charge in [-0.15, -0.1) is 0 Å². The normalized spacial score (nSPS) is 19.5. The van der Waals surface area contributed by atoms with E-state index in [-0.39, 0.29) is 12.2 Å². The molecule has 0 unspecified atom stereocenters. The highest BCUT2D eigenvalue weighted by molar-refractivity contribution is 9.10. The second-order valence-electron chi connectivity index (χ2n) is 6.55. The number of hydrogen-bond donors (Lipinski definition) is 4. The molecule has 27 heavy (non-hydrogen) atoms. The van der Waals surface area contributed by atoms with Crippen molar-refractivity contribution >= 4 is 27.3 Å². The largest absolute Gasteiger partial charge is 0.489 e. The van der Waals surface area contributed by atoms with E-state index < -0.39 is 0 Å². The second-order valence-corrected chi connectivity index (χ2v) is 7.46. The smallest absolute Gasteiger partial charge is 0.144 e. The van der Waals surface area contributed by atoms with Gasteiger partial charge < -0.3 is 20.1 Å². The zero-order valence-electron chi connectivity index (χ0n) is 15.4. The molecule has 3 rings (SSSR count). The summed E-state index contributed by atoms with van der Waals surface area (Å²) in [5.74, 6) is 0.592. The zero-order valence-corrected chi connectivity index (χ0v) is 17.0. The van der Waals surface area contributed by atoms with E-state index in [1.807, 2.05) is 25.2 Å². The average molecular weight is 436 g/mol. The number of morpholine rings is 1. The summed E-state index contributed by atoms with van der Waals surface area (Å²) >= 11 is 3.37. The first-order valence-corrected chi connectivity index (χ1v) is 9.93. The molecule has 0 aliphatic carbocycles. The monoisotopic (exact) mass is 435 g/mol. The van der Waals surface area contributed by atoms with E-state index in [0.29, 0.717) is 18.0 Å². The fourth-order valence-corrected chi connectivity index (χ4v) is 3.60. The number of benzene rings is 2. The van der Waals surface area contributed by atoms with Crippen molar-refractivity contribution in [2.45, 2.75) is 25.0 Å². The van der Waals surface area contributed by atoms with Crippen molar-refractivity contribution in [2.75, 3.05) is 37.5 Å². The lowest BCUT2D eigenvalue weighted by Crippen LogP contribution is -2.47. The summed E-state index contributed by atoms with van der Waals surface area (Å²) in [6.45, 7) is 2.02. The highest BCUT2D eigenvalue weighted by atomic mass is 79.9. The minimum absolute atomic E-state index is 0.0292. The van der Waals surface area contributed by atoms with E-state index in [0.717, 1.165) is 30.4 Å². The molecule has 0 amide bonds. The maximum Gasteiger partial charge on any atom is 0.144 e. The number of rotatable bonds is 8. The number of para-hydroxylation sites is 1. The van der Waals surface area contributed by atoms with Crippen LogP contribution in [0.5, 0.6) is 5.75 Å². The fraction of sp³-hybridized carbons (Fsp3) is 0.400. The van der Waals surface area contributed by atoms with Crippen molar-refractivity contribution in [3.8, 4) is 5.75 Å². The van der Waals surface area contributed by atoms with E-state index in [2.05, 4.69) is 50.2 Å². The molecule has 0 radical (unpaired) electrons.